The number of hydrogen-bond acceptors (Lipinski definition) is 4. The van der Waals surface area contributed by atoms with E-state index in [4.69, 9.17) is 15.2 Å². The highest BCUT2D eigenvalue weighted by molar-refractivity contribution is 5.77. The van der Waals surface area contributed by atoms with E-state index in [1.165, 1.54) is 0 Å². The van der Waals surface area contributed by atoms with E-state index in [9.17, 15) is 4.79 Å². The molecule has 1 aromatic rings. The third-order valence-electron chi connectivity index (χ3n) is 2.72. The van der Waals surface area contributed by atoms with Crippen molar-refractivity contribution >= 4 is 11.7 Å². The Morgan fingerprint density at radius 1 is 1.38 bits per heavy atom. The lowest BCUT2D eigenvalue weighted by Crippen LogP contribution is -2.22. The third kappa shape index (κ3) is 1.96. The van der Waals surface area contributed by atoms with Crippen molar-refractivity contribution in [2.75, 3.05) is 12.3 Å². The Hall–Kier alpha value is -1.71. The largest absolute Gasteiger partial charge is 0.478 e. The topological polar surface area (TPSA) is 61.5 Å². The van der Waals surface area contributed by atoms with Crippen molar-refractivity contribution in [2.24, 2.45) is 0 Å². The number of aryl methyl sites for hydroxylation is 2. The van der Waals surface area contributed by atoms with Gasteiger partial charge in [-0.2, -0.15) is 0 Å². The molecule has 0 amide bonds. The smallest absolute Gasteiger partial charge is 0.347 e. The molecule has 1 aliphatic heterocycles. The zero-order chi connectivity index (χ0) is 11.7. The SMILES string of the molecule is Cc1cc(C)c(OC2CCOC2=O)cc1N. The van der Waals surface area contributed by atoms with Crippen LogP contribution in [0.1, 0.15) is 17.5 Å². The van der Waals surface area contributed by atoms with Crippen LogP contribution in [0.2, 0.25) is 0 Å². The molecule has 0 bridgehead atoms. The summed E-state index contributed by atoms with van der Waals surface area (Å²) in [6, 6.07) is 3.71. The summed E-state index contributed by atoms with van der Waals surface area (Å²) >= 11 is 0. The van der Waals surface area contributed by atoms with E-state index in [-0.39, 0.29) is 5.97 Å². The average molecular weight is 221 g/mol. The molecule has 1 unspecified atom stereocenters. The average Bonchev–Trinajstić information content (AvgIpc) is 2.61. The van der Waals surface area contributed by atoms with Crippen LogP contribution < -0.4 is 10.5 Å². The van der Waals surface area contributed by atoms with Gasteiger partial charge >= 0.3 is 5.97 Å². The Morgan fingerprint density at radius 2 is 2.12 bits per heavy atom. The molecule has 0 aliphatic carbocycles. The minimum absolute atomic E-state index is 0.293. The molecule has 4 heteroatoms. The Kier molecular flexibility index (Phi) is 2.73. The summed E-state index contributed by atoms with van der Waals surface area (Å²) in [5, 5.41) is 0. The van der Waals surface area contributed by atoms with E-state index in [2.05, 4.69) is 0 Å². The Labute approximate surface area is 94.3 Å². The van der Waals surface area contributed by atoms with Crippen molar-refractivity contribution in [2.45, 2.75) is 26.4 Å². The Balaban J connectivity index is 2.21. The quantitative estimate of drug-likeness (QED) is 0.608. The predicted molar refractivity (Wildman–Crippen MR) is 60.3 cm³/mol. The van der Waals surface area contributed by atoms with Gasteiger partial charge in [0.05, 0.1) is 6.61 Å². The van der Waals surface area contributed by atoms with Crippen LogP contribution in [0, 0.1) is 13.8 Å². The fraction of sp³-hybridized carbons (Fsp3) is 0.417. The first-order chi connectivity index (χ1) is 7.58. The highest BCUT2D eigenvalue weighted by Gasteiger charge is 2.28. The van der Waals surface area contributed by atoms with Crippen molar-refractivity contribution in [1.82, 2.24) is 0 Å². The first kappa shape index (κ1) is 10.8. The zero-order valence-electron chi connectivity index (χ0n) is 9.45. The predicted octanol–water partition coefficient (Wildman–Crippen LogP) is 1.58. The molecule has 0 radical (unpaired) electrons. The van der Waals surface area contributed by atoms with E-state index < -0.39 is 6.10 Å². The van der Waals surface area contributed by atoms with Gasteiger partial charge in [0.25, 0.3) is 0 Å². The fourth-order valence-corrected chi connectivity index (χ4v) is 1.71. The third-order valence-corrected chi connectivity index (χ3v) is 2.72. The fourth-order valence-electron chi connectivity index (χ4n) is 1.71. The summed E-state index contributed by atoms with van der Waals surface area (Å²) in [5.74, 6) is 0.366. The number of benzene rings is 1. The van der Waals surface area contributed by atoms with Crippen LogP contribution in [0.3, 0.4) is 0 Å². The number of carbonyl (C=O) groups excluding carboxylic acids is 1. The summed E-state index contributed by atoms with van der Waals surface area (Å²) in [5.41, 5.74) is 8.47. The molecule has 2 rings (SSSR count). The minimum atomic E-state index is -0.485. The molecular formula is C12H15NO3. The second-order valence-corrected chi connectivity index (χ2v) is 4.04. The normalized spacial score (nSPS) is 19.6. The van der Waals surface area contributed by atoms with Gasteiger partial charge in [0.15, 0.2) is 6.10 Å². The number of carbonyl (C=O) groups is 1. The van der Waals surface area contributed by atoms with Crippen molar-refractivity contribution in [3.05, 3.63) is 23.3 Å². The molecule has 0 aromatic heterocycles. The Bertz CT molecular complexity index is 429. The lowest BCUT2D eigenvalue weighted by Gasteiger charge is -2.14. The molecule has 1 aliphatic rings. The van der Waals surface area contributed by atoms with Crippen LogP contribution in [0.15, 0.2) is 12.1 Å². The molecule has 86 valence electrons. The summed E-state index contributed by atoms with van der Waals surface area (Å²) < 4.78 is 10.4. The van der Waals surface area contributed by atoms with E-state index in [1.807, 2.05) is 19.9 Å². The summed E-state index contributed by atoms with van der Waals surface area (Å²) in [7, 11) is 0. The monoisotopic (exact) mass is 221 g/mol. The van der Waals surface area contributed by atoms with Gasteiger partial charge in [-0.1, -0.05) is 6.07 Å². The van der Waals surface area contributed by atoms with Crippen LogP contribution >= 0.6 is 0 Å². The maximum absolute atomic E-state index is 11.3. The van der Waals surface area contributed by atoms with Gasteiger partial charge in [-0.3, -0.25) is 0 Å². The molecule has 1 heterocycles. The van der Waals surface area contributed by atoms with Crippen LogP contribution in [0.5, 0.6) is 5.75 Å². The highest BCUT2D eigenvalue weighted by atomic mass is 16.6. The molecule has 1 atom stereocenters. The van der Waals surface area contributed by atoms with Crippen LogP contribution in [0.4, 0.5) is 5.69 Å². The summed E-state index contributed by atoms with van der Waals surface area (Å²) in [4.78, 5) is 11.3. The minimum Gasteiger partial charge on any atom is -0.478 e. The summed E-state index contributed by atoms with van der Waals surface area (Å²) in [6.07, 6.45) is 0.118. The maximum atomic E-state index is 11.3. The number of nitrogen functional groups attached to an aromatic ring is 1. The molecule has 1 aromatic carbocycles. The van der Waals surface area contributed by atoms with Gasteiger partial charge < -0.3 is 15.2 Å². The standard InChI is InChI=1S/C12H15NO3/c1-7-5-8(2)11(6-9(7)13)16-10-3-4-15-12(10)14/h5-6,10H,3-4,13H2,1-2H3. The van der Waals surface area contributed by atoms with E-state index >= 15 is 0 Å². The number of rotatable bonds is 2. The van der Waals surface area contributed by atoms with Crippen molar-refractivity contribution in [3.63, 3.8) is 0 Å². The number of ether oxygens (including phenoxy) is 2. The second-order valence-electron chi connectivity index (χ2n) is 4.04. The number of anilines is 1. The van der Waals surface area contributed by atoms with Crippen molar-refractivity contribution in [3.8, 4) is 5.75 Å². The van der Waals surface area contributed by atoms with Gasteiger partial charge in [0, 0.05) is 18.2 Å². The number of nitrogens with two attached hydrogens (primary N) is 1. The highest BCUT2D eigenvalue weighted by Crippen LogP contribution is 2.26. The van der Waals surface area contributed by atoms with E-state index in [1.54, 1.807) is 6.07 Å². The molecule has 0 saturated carbocycles. The molecular weight excluding hydrogens is 206 g/mol. The second kappa shape index (κ2) is 4.04. The molecule has 0 spiro atoms. The Morgan fingerprint density at radius 3 is 2.75 bits per heavy atom. The number of esters is 1. The first-order valence-electron chi connectivity index (χ1n) is 5.28. The van der Waals surface area contributed by atoms with Gasteiger partial charge in [-0.15, -0.1) is 0 Å². The van der Waals surface area contributed by atoms with Gasteiger partial charge in [-0.05, 0) is 25.0 Å². The lowest BCUT2D eigenvalue weighted by atomic mass is 10.1. The molecule has 1 fully saturated rings. The van der Waals surface area contributed by atoms with Crippen LogP contribution in [0.25, 0.3) is 0 Å². The van der Waals surface area contributed by atoms with E-state index in [0.717, 1.165) is 11.1 Å². The van der Waals surface area contributed by atoms with Gasteiger partial charge in [-0.25, -0.2) is 4.79 Å². The van der Waals surface area contributed by atoms with Gasteiger partial charge in [0.2, 0.25) is 0 Å². The van der Waals surface area contributed by atoms with Gasteiger partial charge in [0.1, 0.15) is 5.75 Å². The van der Waals surface area contributed by atoms with E-state index in [0.29, 0.717) is 24.5 Å². The molecule has 16 heavy (non-hydrogen) atoms. The zero-order valence-corrected chi connectivity index (χ0v) is 9.45. The van der Waals surface area contributed by atoms with Crippen LogP contribution in [-0.4, -0.2) is 18.7 Å². The van der Waals surface area contributed by atoms with Crippen molar-refractivity contribution < 1.29 is 14.3 Å². The lowest BCUT2D eigenvalue weighted by molar-refractivity contribution is -0.143. The number of hydrogen-bond donors (Lipinski definition) is 1. The number of cyclic esters (lactones) is 1. The van der Waals surface area contributed by atoms with Crippen LogP contribution in [-0.2, 0) is 9.53 Å². The maximum Gasteiger partial charge on any atom is 0.347 e. The molecule has 2 N–H and O–H groups in total. The summed E-state index contributed by atoms with van der Waals surface area (Å²) in [6.45, 7) is 4.31. The molecule has 4 nitrogen and oxygen atoms in total. The first-order valence-corrected chi connectivity index (χ1v) is 5.28. The van der Waals surface area contributed by atoms with Crippen molar-refractivity contribution in [1.29, 1.82) is 0 Å². The molecule has 1 saturated heterocycles.